The van der Waals surface area contributed by atoms with Crippen molar-refractivity contribution < 1.29 is 9.21 Å². The van der Waals surface area contributed by atoms with E-state index in [9.17, 15) is 4.79 Å². The topological polar surface area (TPSA) is 85.3 Å². The molecule has 0 saturated carbocycles. The molecule has 0 radical (unpaired) electrons. The molecular weight excluding hydrogens is 446 g/mol. The molecule has 4 rings (SSSR count). The van der Waals surface area contributed by atoms with Gasteiger partial charge in [-0.3, -0.25) is 9.36 Å². The Kier molecular flexibility index (Phi) is 6.98. The van der Waals surface area contributed by atoms with Crippen LogP contribution in [0.2, 0.25) is 0 Å². The third-order valence-corrected chi connectivity index (χ3v) is 6.14. The number of aromatic nitrogens is 3. The second-order valence-corrected chi connectivity index (χ2v) is 9.75. The summed E-state index contributed by atoms with van der Waals surface area (Å²) in [5.41, 5.74) is 6.37. The molecule has 0 spiro atoms. The van der Waals surface area contributed by atoms with Crippen LogP contribution in [-0.2, 0) is 10.2 Å². The highest BCUT2D eigenvalue weighted by Crippen LogP contribution is 2.30. The van der Waals surface area contributed by atoms with E-state index in [1.54, 1.807) is 25.3 Å². The zero-order valence-electron chi connectivity index (χ0n) is 19.6. The lowest BCUT2D eigenvalue weighted by Gasteiger charge is -2.19. The van der Waals surface area contributed by atoms with Gasteiger partial charge in [0.25, 0.3) is 5.91 Å². The number of para-hydroxylation sites is 1. The molecule has 1 amide bonds. The van der Waals surface area contributed by atoms with Gasteiger partial charge in [0.15, 0.2) is 11.0 Å². The first-order valence-electron chi connectivity index (χ1n) is 10.9. The fraction of sp³-hybridized carbons (Fsp3) is 0.231. The number of amides is 1. The molecule has 0 aliphatic heterocycles. The Hall–Kier alpha value is -3.65. The van der Waals surface area contributed by atoms with Crippen molar-refractivity contribution in [3.63, 3.8) is 0 Å². The third-order valence-electron chi connectivity index (χ3n) is 5.22. The smallest absolute Gasteiger partial charge is 0.250 e. The molecule has 7 nitrogen and oxygen atoms in total. The quantitative estimate of drug-likeness (QED) is 0.219. The van der Waals surface area contributed by atoms with Gasteiger partial charge in [0.1, 0.15) is 11.5 Å². The predicted molar refractivity (Wildman–Crippen MR) is 135 cm³/mol. The standard InChI is InChI=1S/C26H27N5O2S/c1-18(22-11-8-16-33-22)27-28-23(32)17-34-25-30-29-24(31(25)21-9-6-5-7-10-21)19-12-14-20(15-13-19)26(2,3)4/h5-16H,17H2,1-4H3,(H,28,32). The number of carbonyl (C=O) groups is 1. The van der Waals surface area contributed by atoms with Gasteiger partial charge in [0, 0.05) is 11.3 Å². The summed E-state index contributed by atoms with van der Waals surface area (Å²) < 4.78 is 7.26. The van der Waals surface area contributed by atoms with E-state index in [2.05, 4.69) is 65.8 Å². The summed E-state index contributed by atoms with van der Waals surface area (Å²) >= 11 is 1.31. The first-order chi connectivity index (χ1) is 16.3. The van der Waals surface area contributed by atoms with Crippen LogP contribution in [-0.4, -0.2) is 32.1 Å². The summed E-state index contributed by atoms with van der Waals surface area (Å²) in [5, 5.41) is 13.6. The fourth-order valence-corrected chi connectivity index (χ4v) is 4.07. The van der Waals surface area contributed by atoms with Crippen LogP contribution in [0.15, 0.2) is 87.7 Å². The molecular formula is C26H27N5O2S. The Morgan fingerprint density at radius 3 is 2.41 bits per heavy atom. The number of hydrogen-bond donors (Lipinski definition) is 1. The number of carbonyl (C=O) groups excluding carboxylic acids is 1. The summed E-state index contributed by atoms with van der Waals surface area (Å²) in [6.45, 7) is 8.34. The number of rotatable bonds is 7. The zero-order valence-corrected chi connectivity index (χ0v) is 20.5. The highest BCUT2D eigenvalue weighted by molar-refractivity contribution is 7.99. The average Bonchev–Trinajstić information content (AvgIpc) is 3.52. The van der Waals surface area contributed by atoms with Crippen LogP contribution in [0.3, 0.4) is 0 Å². The van der Waals surface area contributed by atoms with Gasteiger partial charge in [-0.2, -0.15) is 5.10 Å². The van der Waals surface area contributed by atoms with Crippen LogP contribution in [0.25, 0.3) is 17.1 Å². The molecule has 8 heteroatoms. The van der Waals surface area contributed by atoms with E-state index in [0.717, 1.165) is 17.1 Å². The van der Waals surface area contributed by atoms with E-state index >= 15 is 0 Å². The van der Waals surface area contributed by atoms with Gasteiger partial charge in [0.2, 0.25) is 0 Å². The molecule has 0 fully saturated rings. The SMILES string of the molecule is CC(=NNC(=O)CSc1nnc(-c2ccc(C(C)(C)C)cc2)n1-c1ccccc1)c1ccco1. The largest absolute Gasteiger partial charge is 0.463 e. The van der Waals surface area contributed by atoms with Gasteiger partial charge < -0.3 is 4.42 Å². The van der Waals surface area contributed by atoms with E-state index in [-0.39, 0.29) is 17.1 Å². The molecule has 0 unspecified atom stereocenters. The molecule has 4 aromatic rings. The van der Waals surface area contributed by atoms with Crippen molar-refractivity contribution in [1.29, 1.82) is 0 Å². The highest BCUT2D eigenvalue weighted by Gasteiger charge is 2.19. The second-order valence-electron chi connectivity index (χ2n) is 8.80. The molecule has 2 aromatic carbocycles. The number of thioether (sulfide) groups is 1. The summed E-state index contributed by atoms with van der Waals surface area (Å²) in [4.78, 5) is 12.4. The minimum atomic E-state index is -0.241. The van der Waals surface area contributed by atoms with E-state index < -0.39 is 0 Å². The lowest BCUT2D eigenvalue weighted by molar-refractivity contribution is -0.118. The summed E-state index contributed by atoms with van der Waals surface area (Å²) in [6.07, 6.45) is 1.57. The normalized spacial score (nSPS) is 12.1. The van der Waals surface area contributed by atoms with Gasteiger partial charge in [-0.05, 0) is 42.2 Å². The molecule has 2 heterocycles. The van der Waals surface area contributed by atoms with Gasteiger partial charge in [0.05, 0.1) is 12.0 Å². The molecule has 174 valence electrons. The Morgan fingerprint density at radius 1 is 1.03 bits per heavy atom. The van der Waals surface area contributed by atoms with E-state index in [4.69, 9.17) is 4.42 Å². The van der Waals surface area contributed by atoms with Gasteiger partial charge >= 0.3 is 0 Å². The maximum absolute atomic E-state index is 12.4. The second kappa shape index (κ2) is 10.1. The van der Waals surface area contributed by atoms with E-state index in [1.807, 2.05) is 34.9 Å². The first-order valence-corrected chi connectivity index (χ1v) is 11.9. The number of hydrazone groups is 1. The minimum Gasteiger partial charge on any atom is -0.463 e. The van der Waals surface area contributed by atoms with Crippen molar-refractivity contribution in [3.05, 3.63) is 84.3 Å². The molecule has 34 heavy (non-hydrogen) atoms. The molecule has 0 bridgehead atoms. The number of benzene rings is 2. The van der Waals surface area contributed by atoms with Crippen molar-refractivity contribution in [1.82, 2.24) is 20.2 Å². The summed E-state index contributed by atoms with van der Waals surface area (Å²) in [5.74, 6) is 1.23. The van der Waals surface area contributed by atoms with Crippen LogP contribution < -0.4 is 5.43 Å². The van der Waals surface area contributed by atoms with Crippen LogP contribution in [0.4, 0.5) is 0 Å². The maximum atomic E-state index is 12.4. The molecule has 0 atom stereocenters. The number of furan rings is 1. The Morgan fingerprint density at radius 2 is 1.76 bits per heavy atom. The lowest BCUT2D eigenvalue weighted by atomic mass is 9.87. The van der Waals surface area contributed by atoms with Crippen LogP contribution in [0, 0.1) is 0 Å². The number of nitrogens with zero attached hydrogens (tertiary/aromatic N) is 4. The summed E-state index contributed by atoms with van der Waals surface area (Å²) in [6, 6.07) is 21.8. The third kappa shape index (κ3) is 5.46. The maximum Gasteiger partial charge on any atom is 0.250 e. The van der Waals surface area contributed by atoms with Gasteiger partial charge in [-0.25, -0.2) is 5.43 Å². The van der Waals surface area contributed by atoms with Crippen molar-refractivity contribution in [2.24, 2.45) is 5.10 Å². The zero-order chi connectivity index (χ0) is 24.1. The highest BCUT2D eigenvalue weighted by atomic mass is 32.2. The van der Waals surface area contributed by atoms with E-state index in [1.165, 1.54) is 17.3 Å². The van der Waals surface area contributed by atoms with Gasteiger partial charge in [-0.1, -0.05) is 75.0 Å². The average molecular weight is 474 g/mol. The Labute approximate surface area is 203 Å². The van der Waals surface area contributed by atoms with Crippen LogP contribution >= 0.6 is 11.8 Å². The molecule has 2 aromatic heterocycles. The van der Waals surface area contributed by atoms with Crippen molar-refractivity contribution in [2.75, 3.05) is 5.75 Å². The molecule has 0 aliphatic rings. The predicted octanol–water partition coefficient (Wildman–Crippen LogP) is 5.46. The monoisotopic (exact) mass is 473 g/mol. The summed E-state index contributed by atoms with van der Waals surface area (Å²) in [7, 11) is 0. The minimum absolute atomic E-state index is 0.0672. The van der Waals surface area contributed by atoms with Crippen molar-refractivity contribution >= 4 is 23.4 Å². The first kappa shape index (κ1) is 23.5. The van der Waals surface area contributed by atoms with E-state index in [0.29, 0.717) is 16.6 Å². The fourth-order valence-electron chi connectivity index (χ4n) is 3.33. The lowest BCUT2D eigenvalue weighted by Crippen LogP contribution is -2.21. The Bertz CT molecular complexity index is 1270. The number of nitrogens with one attached hydrogen (secondary N) is 1. The Balaban J connectivity index is 1.55. The van der Waals surface area contributed by atoms with Crippen molar-refractivity contribution in [3.8, 4) is 17.1 Å². The molecule has 1 N–H and O–H groups in total. The molecule has 0 saturated heterocycles. The molecule has 0 aliphatic carbocycles. The van der Waals surface area contributed by atoms with Gasteiger partial charge in [-0.15, -0.1) is 10.2 Å². The number of hydrogen-bond acceptors (Lipinski definition) is 6. The van der Waals surface area contributed by atoms with Crippen molar-refractivity contribution in [2.45, 2.75) is 38.3 Å². The van der Waals surface area contributed by atoms with Crippen LogP contribution in [0.5, 0.6) is 0 Å². The van der Waals surface area contributed by atoms with Crippen LogP contribution in [0.1, 0.15) is 39.0 Å².